The molecule has 0 bridgehead atoms. The van der Waals surface area contributed by atoms with E-state index in [2.05, 4.69) is 46.6 Å². The van der Waals surface area contributed by atoms with Gasteiger partial charge in [0, 0.05) is 42.7 Å². The Labute approximate surface area is 154 Å². The van der Waals surface area contributed by atoms with Crippen molar-refractivity contribution in [3.8, 4) is 0 Å². The fraction of sp³-hybridized carbons (Fsp3) is 0.450. The molecule has 2 heterocycles. The van der Waals surface area contributed by atoms with E-state index in [1.165, 1.54) is 10.4 Å². The number of amides is 1. The van der Waals surface area contributed by atoms with Gasteiger partial charge in [-0.15, -0.1) is 11.3 Å². The van der Waals surface area contributed by atoms with E-state index in [0.717, 1.165) is 31.7 Å². The van der Waals surface area contributed by atoms with Gasteiger partial charge in [-0.05, 0) is 44.5 Å². The van der Waals surface area contributed by atoms with Crippen molar-refractivity contribution >= 4 is 17.2 Å². The molecule has 25 heavy (non-hydrogen) atoms. The summed E-state index contributed by atoms with van der Waals surface area (Å²) in [4.78, 5) is 18.8. The summed E-state index contributed by atoms with van der Waals surface area (Å²) in [5.41, 5.74) is 1.89. The lowest BCUT2D eigenvalue weighted by Crippen LogP contribution is -2.51. The first kappa shape index (κ1) is 18.1. The number of rotatable bonds is 5. The molecule has 1 fully saturated rings. The molecule has 134 valence electrons. The van der Waals surface area contributed by atoms with Gasteiger partial charge in [0.05, 0.1) is 6.04 Å². The summed E-state index contributed by atoms with van der Waals surface area (Å²) < 4.78 is 0. The van der Waals surface area contributed by atoms with Crippen molar-refractivity contribution in [3.05, 3.63) is 57.8 Å². The smallest absolute Gasteiger partial charge is 0.251 e. The van der Waals surface area contributed by atoms with E-state index in [4.69, 9.17) is 0 Å². The van der Waals surface area contributed by atoms with Gasteiger partial charge in [-0.25, -0.2) is 0 Å². The van der Waals surface area contributed by atoms with Gasteiger partial charge in [0.1, 0.15) is 0 Å². The molecule has 2 aromatic rings. The Hall–Kier alpha value is -1.69. The fourth-order valence-electron chi connectivity index (χ4n) is 3.38. The van der Waals surface area contributed by atoms with E-state index in [9.17, 15) is 4.79 Å². The third kappa shape index (κ3) is 4.48. The highest BCUT2D eigenvalue weighted by Gasteiger charge is 2.30. The van der Waals surface area contributed by atoms with Gasteiger partial charge in [-0.1, -0.05) is 23.8 Å². The first-order valence-corrected chi connectivity index (χ1v) is 9.76. The van der Waals surface area contributed by atoms with Gasteiger partial charge in [0.2, 0.25) is 0 Å². The van der Waals surface area contributed by atoms with Crippen molar-refractivity contribution in [1.29, 1.82) is 0 Å². The number of benzene rings is 1. The monoisotopic (exact) mass is 357 g/mol. The van der Waals surface area contributed by atoms with Crippen LogP contribution in [0.25, 0.3) is 0 Å². The Kier molecular flexibility index (Phi) is 5.89. The molecule has 1 amide bonds. The van der Waals surface area contributed by atoms with Crippen LogP contribution in [0.3, 0.4) is 0 Å². The molecule has 1 saturated heterocycles. The molecule has 4 nitrogen and oxygen atoms in total. The molecule has 0 radical (unpaired) electrons. The van der Waals surface area contributed by atoms with Crippen molar-refractivity contribution in [2.45, 2.75) is 25.9 Å². The lowest BCUT2D eigenvalue weighted by molar-refractivity contribution is 0.0799. The molecule has 0 aliphatic carbocycles. The van der Waals surface area contributed by atoms with Crippen LogP contribution in [-0.2, 0) is 0 Å². The van der Waals surface area contributed by atoms with Crippen LogP contribution in [0.1, 0.15) is 33.8 Å². The van der Waals surface area contributed by atoms with Gasteiger partial charge < -0.3 is 10.2 Å². The first-order chi connectivity index (χ1) is 12.0. The summed E-state index contributed by atoms with van der Waals surface area (Å²) >= 11 is 1.77. The maximum Gasteiger partial charge on any atom is 0.251 e. The molecule has 1 aromatic carbocycles. The largest absolute Gasteiger partial charge is 0.348 e. The van der Waals surface area contributed by atoms with E-state index in [0.29, 0.717) is 0 Å². The third-order valence-corrected chi connectivity index (χ3v) is 5.86. The number of nitrogens with zero attached hydrogens (tertiary/aromatic N) is 2. The third-order valence-electron chi connectivity index (χ3n) is 4.91. The topological polar surface area (TPSA) is 35.6 Å². The van der Waals surface area contributed by atoms with Crippen molar-refractivity contribution in [3.63, 3.8) is 0 Å². The fourth-order valence-corrected chi connectivity index (χ4v) is 4.34. The number of aryl methyl sites for hydroxylation is 1. The van der Waals surface area contributed by atoms with Crippen LogP contribution < -0.4 is 5.32 Å². The lowest BCUT2D eigenvalue weighted by atomic mass is 10.0. The zero-order valence-electron chi connectivity index (χ0n) is 15.2. The van der Waals surface area contributed by atoms with Gasteiger partial charge in [0.15, 0.2) is 0 Å². The number of nitrogens with one attached hydrogen (secondary N) is 1. The Morgan fingerprint density at radius 1 is 1.12 bits per heavy atom. The Morgan fingerprint density at radius 2 is 1.80 bits per heavy atom. The summed E-state index contributed by atoms with van der Waals surface area (Å²) in [6, 6.07) is 12.3. The molecular weight excluding hydrogens is 330 g/mol. The summed E-state index contributed by atoms with van der Waals surface area (Å²) in [6.07, 6.45) is 0. The summed E-state index contributed by atoms with van der Waals surface area (Å²) in [5.74, 6) is 0.00295. The average Bonchev–Trinajstić information content (AvgIpc) is 3.11. The number of hydrogen-bond acceptors (Lipinski definition) is 4. The Balaban J connectivity index is 1.74. The second kappa shape index (κ2) is 8.13. The number of piperazine rings is 1. The normalized spacial score (nSPS) is 18.7. The predicted molar refractivity (Wildman–Crippen MR) is 104 cm³/mol. The van der Waals surface area contributed by atoms with E-state index < -0.39 is 0 Å². The zero-order valence-corrected chi connectivity index (χ0v) is 16.1. The van der Waals surface area contributed by atoms with Crippen LogP contribution in [-0.4, -0.2) is 55.0 Å². The van der Waals surface area contributed by atoms with Crippen LogP contribution in [0, 0.1) is 6.92 Å². The number of hydrogen-bond donors (Lipinski definition) is 1. The SMILES string of the molecule is Cc1ccc(C(=O)N[C@@H](C)[C@@H](c2cccs2)N2CCN(C)CC2)cc1. The molecule has 0 saturated carbocycles. The Morgan fingerprint density at radius 3 is 2.40 bits per heavy atom. The molecule has 1 aliphatic rings. The summed E-state index contributed by atoms with van der Waals surface area (Å²) in [7, 11) is 2.17. The van der Waals surface area contributed by atoms with Crippen LogP contribution in [0.5, 0.6) is 0 Å². The number of thiophene rings is 1. The minimum absolute atomic E-state index is 0.00295. The molecule has 5 heteroatoms. The zero-order chi connectivity index (χ0) is 17.8. The van der Waals surface area contributed by atoms with Crippen LogP contribution in [0.2, 0.25) is 0 Å². The predicted octanol–water partition coefficient (Wildman–Crippen LogP) is 3.16. The van der Waals surface area contributed by atoms with E-state index in [1.807, 2.05) is 31.2 Å². The minimum Gasteiger partial charge on any atom is -0.348 e. The maximum atomic E-state index is 12.6. The van der Waals surface area contributed by atoms with Crippen LogP contribution in [0.15, 0.2) is 41.8 Å². The van der Waals surface area contributed by atoms with Crippen LogP contribution >= 0.6 is 11.3 Å². The quantitative estimate of drug-likeness (QED) is 0.893. The van der Waals surface area contributed by atoms with Crippen LogP contribution in [0.4, 0.5) is 0 Å². The van der Waals surface area contributed by atoms with E-state index in [-0.39, 0.29) is 18.0 Å². The van der Waals surface area contributed by atoms with Crippen molar-refractivity contribution in [2.75, 3.05) is 33.2 Å². The molecule has 1 aromatic heterocycles. The molecule has 1 N–H and O–H groups in total. The van der Waals surface area contributed by atoms with E-state index >= 15 is 0 Å². The molecule has 0 spiro atoms. The molecular formula is C20H27N3OS. The average molecular weight is 358 g/mol. The van der Waals surface area contributed by atoms with E-state index in [1.54, 1.807) is 11.3 Å². The highest BCUT2D eigenvalue weighted by molar-refractivity contribution is 7.10. The Bertz CT molecular complexity index is 675. The maximum absolute atomic E-state index is 12.6. The minimum atomic E-state index is 0.00295. The lowest BCUT2D eigenvalue weighted by Gasteiger charge is -2.40. The summed E-state index contributed by atoms with van der Waals surface area (Å²) in [6.45, 7) is 8.36. The second-order valence-electron chi connectivity index (χ2n) is 6.93. The molecule has 1 aliphatic heterocycles. The van der Waals surface area contributed by atoms with Gasteiger partial charge in [-0.3, -0.25) is 9.69 Å². The van der Waals surface area contributed by atoms with Crippen molar-refractivity contribution in [2.24, 2.45) is 0 Å². The second-order valence-corrected chi connectivity index (χ2v) is 7.91. The molecule has 2 atom stereocenters. The highest BCUT2D eigenvalue weighted by atomic mass is 32.1. The van der Waals surface area contributed by atoms with Gasteiger partial charge in [-0.2, -0.15) is 0 Å². The van der Waals surface area contributed by atoms with Gasteiger partial charge in [0.25, 0.3) is 5.91 Å². The standard InChI is InChI=1S/C20H27N3OS/c1-15-6-8-17(9-7-15)20(24)21-16(2)19(18-5-4-14-25-18)23-12-10-22(3)11-13-23/h4-9,14,16,19H,10-13H2,1-3H3,(H,21,24)/t16-,19-/m0/s1. The molecule has 3 rings (SSSR count). The summed E-state index contributed by atoms with van der Waals surface area (Å²) in [5, 5.41) is 5.34. The highest BCUT2D eigenvalue weighted by Crippen LogP contribution is 2.29. The van der Waals surface area contributed by atoms with Crippen molar-refractivity contribution < 1.29 is 4.79 Å². The molecule has 0 unspecified atom stereocenters. The number of likely N-dealkylation sites (N-methyl/N-ethyl adjacent to an activating group) is 1. The first-order valence-electron chi connectivity index (χ1n) is 8.88. The van der Waals surface area contributed by atoms with Crippen molar-refractivity contribution in [1.82, 2.24) is 15.1 Å². The number of carbonyl (C=O) groups is 1. The number of carbonyl (C=O) groups excluding carboxylic acids is 1. The van der Waals surface area contributed by atoms with Gasteiger partial charge >= 0.3 is 0 Å².